The van der Waals surface area contributed by atoms with E-state index < -0.39 is 0 Å². The highest BCUT2D eigenvalue weighted by atomic mass is 79.9. The third-order valence-corrected chi connectivity index (χ3v) is 4.60. The summed E-state index contributed by atoms with van der Waals surface area (Å²) in [7, 11) is 0. The minimum Gasteiger partial charge on any atom is -0.306 e. The van der Waals surface area contributed by atoms with Crippen LogP contribution in [0, 0.1) is 0 Å². The Morgan fingerprint density at radius 2 is 2.12 bits per heavy atom. The van der Waals surface area contributed by atoms with Gasteiger partial charge in [0, 0.05) is 34.2 Å². The number of fused-ring (bicyclic) bond motifs is 2. The van der Waals surface area contributed by atoms with Crippen LogP contribution in [0.1, 0.15) is 5.56 Å². The number of carbonyl (C=O) groups excluding carboxylic acids is 1. The van der Waals surface area contributed by atoms with E-state index in [0.29, 0.717) is 0 Å². The van der Waals surface area contributed by atoms with Crippen LogP contribution < -0.4 is 15.8 Å². The van der Waals surface area contributed by atoms with E-state index in [2.05, 4.69) is 37.7 Å². The fourth-order valence-corrected chi connectivity index (χ4v) is 3.40. The molecule has 0 aliphatic carbocycles. The largest absolute Gasteiger partial charge is 0.338 e. The van der Waals surface area contributed by atoms with Gasteiger partial charge in [-0.15, -0.1) is 0 Å². The van der Waals surface area contributed by atoms with Crippen molar-refractivity contribution in [3.8, 4) is 0 Å². The monoisotopic (exact) mass is 382 g/mol. The second-order valence-electron chi connectivity index (χ2n) is 5.64. The van der Waals surface area contributed by atoms with Crippen molar-refractivity contribution in [3.05, 3.63) is 64.9 Å². The number of carbonyl (C=O) groups is 1. The van der Waals surface area contributed by atoms with Gasteiger partial charge in [0.25, 0.3) is 0 Å². The molecular weight excluding hydrogens is 368 g/mol. The highest BCUT2D eigenvalue weighted by Crippen LogP contribution is 2.29. The molecule has 4 rings (SSSR count). The molecule has 0 spiro atoms. The number of nitrogens with zero attached hydrogens (tertiary/aromatic N) is 2. The number of benzene rings is 2. The van der Waals surface area contributed by atoms with Crippen LogP contribution in [0.5, 0.6) is 0 Å². The number of amides is 2. The Bertz CT molecular complexity index is 923. The number of nitrogens with one attached hydrogen (secondary N) is 2. The van der Waals surface area contributed by atoms with Crippen molar-refractivity contribution in [3.63, 3.8) is 0 Å². The summed E-state index contributed by atoms with van der Waals surface area (Å²) in [6.07, 6.45) is 4.42. The lowest BCUT2D eigenvalue weighted by molar-refractivity contribution is 0.251. The molecule has 2 N–H and O–H groups in total. The van der Waals surface area contributed by atoms with Crippen LogP contribution in [0.3, 0.4) is 0 Å². The normalized spacial score (nSPS) is 13.0. The van der Waals surface area contributed by atoms with Crippen molar-refractivity contribution in [2.24, 2.45) is 0 Å². The zero-order chi connectivity index (χ0) is 16.5. The van der Waals surface area contributed by atoms with Crippen LogP contribution in [0.25, 0.3) is 10.8 Å². The lowest BCUT2D eigenvalue weighted by Crippen LogP contribution is -2.43. The highest BCUT2D eigenvalue weighted by Gasteiger charge is 2.21. The second-order valence-corrected chi connectivity index (χ2v) is 6.56. The SMILES string of the molecule is O=C(Nc1cccc2cnccc12)NN1CCc2cc(Br)ccc21. The molecular formula is C18H15BrN4O. The summed E-state index contributed by atoms with van der Waals surface area (Å²) in [6, 6.07) is 13.5. The van der Waals surface area contributed by atoms with Crippen molar-refractivity contribution in [2.45, 2.75) is 6.42 Å². The molecule has 6 heteroatoms. The van der Waals surface area contributed by atoms with Crippen molar-refractivity contribution in [2.75, 3.05) is 16.9 Å². The predicted octanol–water partition coefficient (Wildman–Crippen LogP) is 4.10. The number of anilines is 2. The molecule has 24 heavy (non-hydrogen) atoms. The van der Waals surface area contributed by atoms with E-state index in [-0.39, 0.29) is 6.03 Å². The molecule has 2 heterocycles. The molecule has 3 aromatic rings. The molecule has 0 saturated heterocycles. The molecule has 1 aliphatic heterocycles. The van der Waals surface area contributed by atoms with Gasteiger partial charge in [0.1, 0.15) is 0 Å². The molecule has 2 aromatic carbocycles. The Labute approximate surface area is 147 Å². The second kappa shape index (κ2) is 6.13. The minimum atomic E-state index is -0.255. The number of hydrogen-bond donors (Lipinski definition) is 2. The van der Waals surface area contributed by atoms with Crippen LogP contribution in [0.15, 0.2) is 59.3 Å². The van der Waals surface area contributed by atoms with E-state index >= 15 is 0 Å². The van der Waals surface area contributed by atoms with Gasteiger partial charge in [-0.25, -0.2) is 10.2 Å². The van der Waals surface area contributed by atoms with Crippen LogP contribution >= 0.6 is 15.9 Å². The summed E-state index contributed by atoms with van der Waals surface area (Å²) in [4.78, 5) is 16.5. The zero-order valence-electron chi connectivity index (χ0n) is 12.8. The molecule has 0 saturated carbocycles. The van der Waals surface area contributed by atoms with Gasteiger partial charge in [-0.1, -0.05) is 28.1 Å². The van der Waals surface area contributed by atoms with Gasteiger partial charge in [-0.3, -0.25) is 9.99 Å². The molecule has 0 radical (unpaired) electrons. The molecule has 0 unspecified atom stereocenters. The number of pyridine rings is 1. The van der Waals surface area contributed by atoms with E-state index in [1.54, 1.807) is 12.4 Å². The van der Waals surface area contributed by atoms with Gasteiger partial charge < -0.3 is 5.32 Å². The van der Waals surface area contributed by atoms with Crippen molar-refractivity contribution in [1.82, 2.24) is 10.4 Å². The van der Waals surface area contributed by atoms with Crippen LogP contribution in [-0.4, -0.2) is 17.6 Å². The summed E-state index contributed by atoms with van der Waals surface area (Å²) < 4.78 is 1.05. The molecule has 0 atom stereocenters. The molecule has 0 fully saturated rings. The van der Waals surface area contributed by atoms with Crippen LogP contribution in [0.4, 0.5) is 16.2 Å². The van der Waals surface area contributed by atoms with Gasteiger partial charge in [-0.05, 0) is 42.3 Å². The fraction of sp³-hybridized carbons (Fsp3) is 0.111. The average molecular weight is 383 g/mol. The number of hydrazine groups is 1. The molecule has 0 bridgehead atoms. The van der Waals surface area contributed by atoms with Crippen molar-refractivity contribution < 1.29 is 4.79 Å². The Kier molecular flexibility index (Phi) is 3.82. The maximum absolute atomic E-state index is 12.4. The summed E-state index contributed by atoms with van der Waals surface area (Å²) in [6.45, 7) is 0.763. The fourth-order valence-electron chi connectivity index (χ4n) is 2.99. The number of aromatic nitrogens is 1. The van der Waals surface area contributed by atoms with E-state index in [1.165, 1.54) is 5.56 Å². The summed E-state index contributed by atoms with van der Waals surface area (Å²) >= 11 is 3.48. The smallest absolute Gasteiger partial charge is 0.306 e. The van der Waals surface area contributed by atoms with E-state index in [9.17, 15) is 4.79 Å². The van der Waals surface area contributed by atoms with Crippen LogP contribution in [-0.2, 0) is 6.42 Å². The van der Waals surface area contributed by atoms with Gasteiger partial charge in [0.2, 0.25) is 0 Å². The first-order valence-electron chi connectivity index (χ1n) is 7.67. The van der Waals surface area contributed by atoms with E-state index in [4.69, 9.17) is 0 Å². The molecule has 2 amide bonds. The molecule has 1 aromatic heterocycles. The predicted molar refractivity (Wildman–Crippen MR) is 99.1 cm³/mol. The first-order chi connectivity index (χ1) is 11.7. The lowest BCUT2D eigenvalue weighted by Gasteiger charge is -2.21. The van der Waals surface area contributed by atoms with E-state index in [0.717, 1.165) is 39.6 Å². The van der Waals surface area contributed by atoms with Crippen molar-refractivity contribution in [1.29, 1.82) is 0 Å². The molecule has 120 valence electrons. The van der Waals surface area contributed by atoms with E-state index in [1.807, 2.05) is 41.4 Å². The maximum Gasteiger partial charge on any atom is 0.338 e. The summed E-state index contributed by atoms with van der Waals surface area (Å²) in [5.41, 5.74) is 5.95. The third-order valence-electron chi connectivity index (χ3n) is 4.10. The quantitative estimate of drug-likeness (QED) is 0.701. The highest BCUT2D eigenvalue weighted by molar-refractivity contribution is 9.10. The first-order valence-corrected chi connectivity index (χ1v) is 8.46. The number of halogens is 1. The maximum atomic E-state index is 12.4. The van der Waals surface area contributed by atoms with Crippen LogP contribution in [0.2, 0.25) is 0 Å². The third kappa shape index (κ3) is 2.80. The van der Waals surface area contributed by atoms with Gasteiger partial charge in [0.05, 0.1) is 11.4 Å². The Hall–Kier alpha value is -2.60. The van der Waals surface area contributed by atoms with Crippen molar-refractivity contribution >= 4 is 44.1 Å². The molecule has 1 aliphatic rings. The number of urea groups is 1. The lowest BCUT2D eigenvalue weighted by atomic mass is 10.1. The Morgan fingerprint density at radius 3 is 3.04 bits per heavy atom. The topological polar surface area (TPSA) is 57.3 Å². The van der Waals surface area contributed by atoms with Gasteiger partial charge >= 0.3 is 6.03 Å². The Balaban J connectivity index is 1.52. The average Bonchev–Trinajstić information content (AvgIpc) is 2.97. The summed E-state index contributed by atoms with van der Waals surface area (Å²) in [5.74, 6) is 0. The van der Waals surface area contributed by atoms with Gasteiger partial charge in [0.15, 0.2) is 0 Å². The zero-order valence-corrected chi connectivity index (χ0v) is 14.4. The minimum absolute atomic E-state index is 0.255. The summed E-state index contributed by atoms with van der Waals surface area (Å²) in [5, 5.41) is 6.76. The molecule has 5 nitrogen and oxygen atoms in total. The first kappa shape index (κ1) is 15.0. The van der Waals surface area contributed by atoms with Gasteiger partial charge in [-0.2, -0.15) is 0 Å². The number of hydrogen-bond acceptors (Lipinski definition) is 3. The standard InChI is InChI=1S/C18H15BrN4O/c19-14-4-5-17-12(10-14)7-9-23(17)22-18(24)21-16-3-1-2-13-11-20-8-6-15(13)16/h1-6,8,10-11H,7,9H2,(H2,21,22,24). The number of rotatable bonds is 2. The Morgan fingerprint density at radius 1 is 1.21 bits per heavy atom.